The number of piperidine rings is 1. The smallest absolute Gasteiger partial charge is 0.225 e. The van der Waals surface area contributed by atoms with E-state index in [4.69, 9.17) is 11.0 Å². The van der Waals surface area contributed by atoms with E-state index in [0.717, 1.165) is 32.6 Å². The molecular weight excluding hydrogens is 264 g/mol. The summed E-state index contributed by atoms with van der Waals surface area (Å²) in [5.74, 6) is 0.508. The van der Waals surface area contributed by atoms with Gasteiger partial charge in [-0.1, -0.05) is 12.1 Å². The first-order chi connectivity index (χ1) is 10.2. The Morgan fingerprint density at radius 3 is 3.05 bits per heavy atom. The molecule has 1 fully saturated rings. The first-order valence-corrected chi connectivity index (χ1v) is 7.44. The first-order valence-electron chi connectivity index (χ1n) is 7.44. The zero-order chi connectivity index (χ0) is 15.1. The second-order valence-corrected chi connectivity index (χ2v) is 5.50. The average molecular weight is 286 g/mol. The van der Waals surface area contributed by atoms with Crippen LogP contribution in [0.2, 0.25) is 0 Å². The van der Waals surface area contributed by atoms with Gasteiger partial charge in [0.25, 0.3) is 0 Å². The van der Waals surface area contributed by atoms with Crippen LogP contribution < -0.4 is 11.1 Å². The van der Waals surface area contributed by atoms with Gasteiger partial charge < -0.3 is 16.0 Å². The van der Waals surface area contributed by atoms with Gasteiger partial charge in [-0.05, 0) is 44.0 Å². The molecule has 1 unspecified atom stereocenters. The molecule has 0 bridgehead atoms. The average Bonchev–Trinajstić information content (AvgIpc) is 2.53. The number of nitriles is 1. The number of carbonyl (C=O) groups excluding carboxylic acids is 1. The van der Waals surface area contributed by atoms with E-state index in [0.29, 0.717) is 23.6 Å². The Kier molecular flexibility index (Phi) is 5.73. The van der Waals surface area contributed by atoms with Gasteiger partial charge in [0, 0.05) is 19.5 Å². The van der Waals surface area contributed by atoms with Crippen molar-refractivity contribution >= 4 is 11.6 Å². The number of nitrogens with two attached hydrogens (primary N) is 1. The highest BCUT2D eigenvalue weighted by Crippen LogP contribution is 2.16. The first kappa shape index (κ1) is 15.5. The van der Waals surface area contributed by atoms with Crippen LogP contribution in [0, 0.1) is 17.2 Å². The normalized spacial score (nSPS) is 19.0. The van der Waals surface area contributed by atoms with Crippen LogP contribution in [0.25, 0.3) is 0 Å². The standard InChI is InChI=1S/C16H22N4O/c17-10-13-4-3-8-20(12-13)9-7-16(21)19-15-6-2-1-5-14(15)11-18/h1-2,5-6,13H,3-4,7-10,12,17H2,(H,19,21). The van der Waals surface area contributed by atoms with Gasteiger partial charge in [0.05, 0.1) is 11.3 Å². The number of rotatable bonds is 5. The van der Waals surface area contributed by atoms with Crippen molar-refractivity contribution in [3.8, 4) is 6.07 Å². The molecule has 1 amide bonds. The molecule has 1 aromatic rings. The molecule has 3 N–H and O–H groups in total. The number of amides is 1. The Balaban J connectivity index is 1.81. The molecule has 2 rings (SSSR count). The monoisotopic (exact) mass is 286 g/mol. The molecule has 1 aromatic carbocycles. The van der Waals surface area contributed by atoms with Crippen LogP contribution in [0.1, 0.15) is 24.8 Å². The zero-order valence-electron chi connectivity index (χ0n) is 12.2. The third-order valence-electron chi connectivity index (χ3n) is 3.91. The third-order valence-corrected chi connectivity index (χ3v) is 3.91. The molecular formula is C16H22N4O. The van der Waals surface area contributed by atoms with Gasteiger partial charge in [-0.15, -0.1) is 0 Å². The van der Waals surface area contributed by atoms with Crippen LogP contribution >= 0.6 is 0 Å². The van der Waals surface area contributed by atoms with Gasteiger partial charge in [0.1, 0.15) is 6.07 Å². The van der Waals surface area contributed by atoms with Gasteiger partial charge in [0.15, 0.2) is 0 Å². The lowest BCUT2D eigenvalue weighted by molar-refractivity contribution is -0.116. The zero-order valence-corrected chi connectivity index (χ0v) is 12.2. The topological polar surface area (TPSA) is 82.2 Å². The van der Waals surface area contributed by atoms with Gasteiger partial charge >= 0.3 is 0 Å². The van der Waals surface area contributed by atoms with Gasteiger partial charge in [-0.25, -0.2) is 0 Å². The predicted octanol–water partition coefficient (Wildman–Crippen LogP) is 1.56. The van der Waals surface area contributed by atoms with Gasteiger partial charge in [-0.2, -0.15) is 5.26 Å². The summed E-state index contributed by atoms with van der Waals surface area (Å²) < 4.78 is 0. The van der Waals surface area contributed by atoms with Crippen LogP contribution in [0.4, 0.5) is 5.69 Å². The highest BCUT2D eigenvalue weighted by Gasteiger charge is 2.19. The van der Waals surface area contributed by atoms with E-state index in [-0.39, 0.29) is 5.91 Å². The van der Waals surface area contributed by atoms with Crippen LogP contribution in [0.3, 0.4) is 0 Å². The maximum Gasteiger partial charge on any atom is 0.225 e. The molecule has 1 aliphatic rings. The van der Waals surface area contributed by atoms with Crippen LogP contribution in [0.15, 0.2) is 24.3 Å². The lowest BCUT2D eigenvalue weighted by atomic mass is 9.98. The molecule has 0 aliphatic carbocycles. The van der Waals surface area contributed by atoms with Crippen molar-refractivity contribution in [2.24, 2.45) is 11.7 Å². The number of carbonyl (C=O) groups is 1. The van der Waals surface area contributed by atoms with E-state index >= 15 is 0 Å². The largest absolute Gasteiger partial charge is 0.330 e. The molecule has 0 saturated carbocycles. The van der Waals surface area contributed by atoms with Gasteiger partial charge in [0.2, 0.25) is 5.91 Å². The van der Waals surface area contributed by atoms with Crippen molar-refractivity contribution < 1.29 is 4.79 Å². The SMILES string of the molecule is N#Cc1ccccc1NC(=O)CCN1CCCC(CN)C1. The fourth-order valence-corrected chi connectivity index (χ4v) is 2.71. The molecule has 21 heavy (non-hydrogen) atoms. The minimum absolute atomic E-state index is 0.0485. The number of benzene rings is 1. The Labute approximate surface area is 125 Å². The molecule has 5 heteroatoms. The Morgan fingerprint density at radius 2 is 2.29 bits per heavy atom. The molecule has 112 valence electrons. The quantitative estimate of drug-likeness (QED) is 0.860. The number of hydrogen-bond donors (Lipinski definition) is 2. The summed E-state index contributed by atoms with van der Waals surface area (Å²) in [6.45, 7) is 3.49. The predicted molar refractivity (Wildman–Crippen MR) is 82.6 cm³/mol. The van der Waals surface area contributed by atoms with E-state index in [2.05, 4.69) is 16.3 Å². The highest BCUT2D eigenvalue weighted by atomic mass is 16.1. The van der Waals surface area contributed by atoms with E-state index in [1.165, 1.54) is 6.42 Å². The van der Waals surface area contributed by atoms with Crippen molar-refractivity contribution in [1.29, 1.82) is 5.26 Å². The van der Waals surface area contributed by atoms with Crippen molar-refractivity contribution in [2.45, 2.75) is 19.3 Å². The second-order valence-electron chi connectivity index (χ2n) is 5.50. The molecule has 0 aromatic heterocycles. The van der Waals surface area contributed by atoms with E-state index < -0.39 is 0 Å². The summed E-state index contributed by atoms with van der Waals surface area (Å²) in [5.41, 5.74) is 6.80. The van der Waals surface area contributed by atoms with E-state index in [1.807, 2.05) is 6.07 Å². The lowest BCUT2D eigenvalue weighted by Gasteiger charge is -2.31. The molecule has 5 nitrogen and oxygen atoms in total. The summed E-state index contributed by atoms with van der Waals surface area (Å²) in [5, 5.41) is 11.8. The summed E-state index contributed by atoms with van der Waals surface area (Å²) in [6, 6.07) is 9.13. The lowest BCUT2D eigenvalue weighted by Crippen LogP contribution is -2.39. The highest BCUT2D eigenvalue weighted by molar-refractivity contribution is 5.92. The number of hydrogen-bond acceptors (Lipinski definition) is 4. The fourth-order valence-electron chi connectivity index (χ4n) is 2.71. The van der Waals surface area contributed by atoms with Crippen molar-refractivity contribution in [2.75, 3.05) is 31.5 Å². The number of nitrogens with one attached hydrogen (secondary N) is 1. The van der Waals surface area contributed by atoms with E-state index in [9.17, 15) is 4.79 Å². The van der Waals surface area contributed by atoms with Gasteiger partial charge in [-0.3, -0.25) is 4.79 Å². The molecule has 1 atom stereocenters. The molecule has 1 aliphatic heterocycles. The third kappa shape index (κ3) is 4.55. The number of likely N-dealkylation sites (tertiary alicyclic amines) is 1. The summed E-state index contributed by atoms with van der Waals surface area (Å²) in [7, 11) is 0. The van der Waals surface area contributed by atoms with E-state index in [1.54, 1.807) is 18.2 Å². The van der Waals surface area contributed by atoms with Crippen LogP contribution in [-0.2, 0) is 4.79 Å². The van der Waals surface area contributed by atoms with Crippen molar-refractivity contribution in [3.05, 3.63) is 29.8 Å². The molecule has 1 heterocycles. The minimum atomic E-state index is -0.0485. The summed E-state index contributed by atoms with van der Waals surface area (Å²) >= 11 is 0. The van der Waals surface area contributed by atoms with Crippen LogP contribution in [-0.4, -0.2) is 37.0 Å². The Morgan fingerprint density at radius 1 is 1.48 bits per heavy atom. The maximum atomic E-state index is 12.0. The molecule has 1 saturated heterocycles. The van der Waals surface area contributed by atoms with Crippen LogP contribution in [0.5, 0.6) is 0 Å². The Hall–Kier alpha value is -1.90. The second kappa shape index (κ2) is 7.77. The fraction of sp³-hybridized carbons (Fsp3) is 0.500. The minimum Gasteiger partial charge on any atom is -0.330 e. The Bertz CT molecular complexity index is 523. The number of para-hydroxylation sites is 1. The molecule has 0 spiro atoms. The van der Waals surface area contributed by atoms with Crippen molar-refractivity contribution in [1.82, 2.24) is 4.90 Å². The van der Waals surface area contributed by atoms with Crippen molar-refractivity contribution in [3.63, 3.8) is 0 Å². The maximum absolute atomic E-state index is 12.0. The summed E-state index contributed by atoms with van der Waals surface area (Å²) in [6.07, 6.45) is 2.78. The number of anilines is 1. The summed E-state index contributed by atoms with van der Waals surface area (Å²) in [4.78, 5) is 14.3. The number of nitrogens with zero attached hydrogens (tertiary/aromatic N) is 2. The molecule has 0 radical (unpaired) electrons.